The Morgan fingerprint density at radius 3 is 2.39 bits per heavy atom. The Morgan fingerprint density at radius 1 is 1.09 bits per heavy atom. The summed E-state index contributed by atoms with van der Waals surface area (Å²) < 4.78 is 15.9. The minimum atomic E-state index is -1.02. The number of carbonyl (C=O) groups excluding carboxylic acids is 3. The molecule has 4 bridgehead atoms. The predicted molar refractivity (Wildman–Crippen MR) is 119 cm³/mol. The van der Waals surface area contributed by atoms with Gasteiger partial charge in [-0.3, -0.25) is 4.79 Å². The lowest BCUT2D eigenvalue weighted by Gasteiger charge is -2.25. The summed E-state index contributed by atoms with van der Waals surface area (Å²) in [4.78, 5) is 37.9. The van der Waals surface area contributed by atoms with E-state index in [9.17, 15) is 19.5 Å². The van der Waals surface area contributed by atoms with Crippen LogP contribution in [-0.4, -0.2) is 47.9 Å². The number of phenolic OH excluding ortho intramolecular Hbond substituents is 1. The lowest BCUT2D eigenvalue weighted by atomic mass is 10.0. The highest BCUT2D eigenvalue weighted by Gasteiger charge is 2.29. The first-order chi connectivity index (χ1) is 15.5. The summed E-state index contributed by atoms with van der Waals surface area (Å²) in [5.74, 6) is -0.571. The van der Waals surface area contributed by atoms with Gasteiger partial charge < -0.3 is 30.0 Å². The maximum atomic E-state index is 13.1. The molecule has 0 aliphatic carbocycles. The van der Waals surface area contributed by atoms with Crippen molar-refractivity contribution in [2.45, 2.75) is 51.3 Å². The van der Waals surface area contributed by atoms with Gasteiger partial charge in [0.2, 0.25) is 5.91 Å². The third kappa shape index (κ3) is 6.61. The number of nitrogens with one attached hydrogen (secondary N) is 2. The van der Waals surface area contributed by atoms with Gasteiger partial charge in [-0.25, -0.2) is 9.59 Å². The largest absolute Gasteiger partial charge is 0.504 e. The van der Waals surface area contributed by atoms with Crippen LogP contribution in [0.2, 0.25) is 0 Å². The molecule has 4 rings (SSSR count). The van der Waals surface area contributed by atoms with Gasteiger partial charge in [-0.2, -0.15) is 0 Å². The standard InChI is InChI=1S/C24H28N2O7/c1-24(2,3)33-23(30)26-17-11-14-5-8-16(9-6-14)32-20-13-15(7-10-19(20)27)12-18(22(29)31-4)25-21(17)28/h5-10,13,17-18,27H,11-12H2,1-4H3,(H,25,28)(H,26,30)/t17-,18-/m0/s1. The molecule has 176 valence electrons. The Labute approximate surface area is 192 Å². The summed E-state index contributed by atoms with van der Waals surface area (Å²) in [6.45, 7) is 5.16. The lowest BCUT2D eigenvalue weighted by molar-refractivity contribution is -0.145. The maximum Gasteiger partial charge on any atom is 0.408 e. The molecule has 0 saturated carbocycles. The van der Waals surface area contributed by atoms with Crippen molar-refractivity contribution in [3.05, 3.63) is 53.6 Å². The number of fused-ring (bicyclic) bond motifs is 7. The van der Waals surface area contributed by atoms with Crippen LogP contribution in [0.4, 0.5) is 4.79 Å². The number of alkyl carbamates (subject to hydrolysis) is 1. The minimum Gasteiger partial charge on any atom is -0.504 e. The number of carbonyl (C=O) groups is 3. The van der Waals surface area contributed by atoms with E-state index < -0.39 is 35.7 Å². The molecule has 2 aliphatic rings. The number of hydrogen-bond donors (Lipinski definition) is 3. The van der Waals surface area contributed by atoms with Crippen molar-refractivity contribution in [2.24, 2.45) is 0 Å². The number of phenols is 1. The predicted octanol–water partition coefficient (Wildman–Crippen LogP) is 2.83. The zero-order chi connectivity index (χ0) is 24.2. The van der Waals surface area contributed by atoms with E-state index in [-0.39, 0.29) is 24.3 Å². The summed E-state index contributed by atoms with van der Waals surface area (Å²) in [5.41, 5.74) is 0.624. The molecule has 2 aromatic carbocycles. The lowest BCUT2D eigenvalue weighted by Crippen LogP contribution is -2.53. The Bertz CT molecular complexity index is 1030. The van der Waals surface area contributed by atoms with E-state index in [4.69, 9.17) is 14.2 Å². The van der Waals surface area contributed by atoms with Crippen molar-refractivity contribution in [1.29, 1.82) is 0 Å². The van der Waals surface area contributed by atoms with Gasteiger partial charge in [-0.05, 0) is 56.2 Å². The molecule has 2 heterocycles. The molecule has 0 unspecified atom stereocenters. The van der Waals surface area contributed by atoms with Crippen LogP contribution in [0.15, 0.2) is 42.5 Å². The first kappa shape index (κ1) is 23.9. The fourth-order valence-electron chi connectivity index (χ4n) is 3.33. The average Bonchev–Trinajstić information content (AvgIpc) is 2.74. The molecule has 0 fully saturated rings. The molecule has 9 nitrogen and oxygen atoms in total. The van der Waals surface area contributed by atoms with Gasteiger partial charge in [0.15, 0.2) is 11.5 Å². The van der Waals surface area contributed by atoms with Crippen molar-refractivity contribution in [2.75, 3.05) is 7.11 Å². The second kappa shape index (κ2) is 9.81. The Kier molecular flexibility index (Phi) is 7.10. The molecule has 3 N–H and O–H groups in total. The molecular formula is C24H28N2O7. The van der Waals surface area contributed by atoms with Crippen LogP contribution in [0, 0.1) is 0 Å². The first-order valence-electron chi connectivity index (χ1n) is 10.5. The summed E-state index contributed by atoms with van der Waals surface area (Å²) >= 11 is 0. The second-order valence-corrected chi connectivity index (χ2v) is 8.74. The van der Waals surface area contributed by atoms with Crippen molar-refractivity contribution >= 4 is 18.0 Å². The van der Waals surface area contributed by atoms with Crippen LogP contribution in [-0.2, 0) is 31.9 Å². The third-order valence-electron chi connectivity index (χ3n) is 4.86. The van der Waals surface area contributed by atoms with Gasteiger partial charge in [-0.15, -0.1) is 0 Å². The van der Waals surface area contributed by atoms with Crippen LogP contribution in [0.3, 0.4) is 0 Å². The SMILES string of the molecule is COC(=O)[C@@H]1Cc2ccc(O)c(c2)Oc2ccc(cc2)C[C@H](NC(=O)OC(C)(C)C)C(=O)N1. The molecular weight excluding hydrogens is 428 g/mol. The zero-order valence-corrected chi connectivity index (χ0v) is 19.0. The van der Waals surface area contributed by atoms with Crippen LogP contribution < -0.4 is 15.4 Å². The van der Waals surface area contributed by atoms with E-state index in [2.05, 4.69) is 10.6 Å². The molecule has 2 atom stereocenters. The second-order valence-electron chi connectivity index (χ2n) is 8.74. The average molecular weight is 456 g/mol. The number of ether oxygens (including phenoxy) is 3. The van der Waals surface area contributed by atoms with Crippen LogP contribution in [0.5, 0.6) is 17.2 Å². The molecule has 9 heteroatoms. The molecule has 0 aromatic heterocycles. The quantitative estimate of drug-likeness (QED) is 0.594. The number of rotatable bonds is 2. The maximum absolute atomic E-state index is 13.1. The fraction of sp³-hybridized carbons (Fsp3) is 0.375. The van der Waals surface area contributed by atoms with E-state index in [1.807, 2.05) is 0 Å². The molecule has 2 aliphatic heterocycles. The van der Waals surface area contributed by atoms with Gasteiger partial charge >= 0.3 is 12.1 Å². The number of methoxy groups -OCH3 is 1. The first-order valence-corrected chi connectivity index (χ1v) is 10.5. The van der Waals surface area contributed by atoms with Gasteiger partial charge in [-0.1, -0.05) is 18.2 Å². The van der Waals surface area contributed by atoms with Gasteiger partial charge in [0.05, 0.1) is 7.11 Å². The number of hydrogen-bond acceptors (Lipinski definition) is 7. The molecule has 33 heavy (non-hydrogen) atoms. The number of benzene rings is 2. The zero-order valence-electron chi connectivity index (χ0n) is 19.0. The van der Waals surface area contributed by atoms with Crippen LogP contribution in [0.1, 0.15) is 31.9 Å². The number of amides is 2. The van der Waals surface area contributed by atoms with E-state index in [0.717, 1.165) is 5.56 Å². The Hall–Kier alpha value is -3.75. The summed E-state index contributed by atoms with van der Waals surface area (Å²) in [7, 11) is 1.22. The van der Waals surface area contributed by atoms with Gasteiger partial charge in [0.25, 0.3) is 0 Å². The van der Waals surface area contributed by atoms with Crippen LogP contribution in [0.25, 0.3) is 0 Å². The fourth-order valence-corrected chi connectivity index (χ4v) is 3.33. The van der Waals surface area contributed by atoms with Crippen molar-refractivity contribution in [3.63, 3.8) is 0 Å². The van der Waals surface area contributed by atoms with Crippen molar-refractivity contribution in [1.82, 2.24) is 10.6 Å². The highest BCUT2D eigenvalue weighted by Crippen LogP contribution is 2.32. The van der Waals surface area contributed by atoms with Gasteiger partial charge in [0, 0.05) is 12.8 Å². The van der Waals surface area contributed by atoms with E-state index >= 15 is 0 Å². The van der Waals surface area contributed by atoms with Crippen LogP contribution >= 0.6 is 0 Å². The minimum absolute atomic E-state index is 0.0600. The molecule has 2 aromatic rings. The summed E-state index contributed by atoms with van der Waals surface area (Å²) in [6, 6.07) is 9.54. The molecule has 0 radical (unpaired) electrons. The van der Waals surface area contributed by atoms with E-state index in [0.29, 0.717) is 11.3 Å². The molecule has 0 spiro atoms. The Balaban J connectivity index is 1.97. The van der Waals surface area contributed by atoms with Crippen molar-refractivity contribution < 1.29 is 33.7 Å². The monoisotopic (exact) mass is 456 g/mol. The Morgan fingerprint density at radius 2 is 1.76 bits per heavy atom. The third-order valence-corrected chi connectivity index (χ3v) is 4.86. The van der Waals surface area contributed by atoms with E-state index in [1.54, 1.807) is 57.2 Å². The smallest absolute Gasteiger partial charge is 0.408 e. The topological polar surface area (TPSA) is 123 Å². The van der Waals surface area contributed by atoms with Gasteiger partial charge in [0.1, 0.15) is 23.4 Å². The summed E-state index contributed by atoms with van der Waals surface area (Å²) in [6.07, 6.45) is -0.511. The molecule has 0 saturated heterocycles. The highest BCUT2D eigenvalue weighted by molar-refractivity contribution is 5.90. The van der Waals surface area contributed by atoms with Crippen molar-refractivity contribution in [3.8, 4) is 17.2 Å². The number of esters is 1. The van der Waals surface area contributed by atoms with E-state index in [1.165, 1.54) is 13.2 Å². The molecule has 2 amide bonds. The normalized spacial score (nSPS) is 18.4. The highest BCUT2D eigenvalue weighted by atomic mass is 16.6. The summed E-state index contributed by atoms with van der Waals surface area (Å²) in [5, 5.41) is 15.4. The number of aromatic hydroxyl groups is 1.